The van der Waals surface area contributed by atoms with Crippen molar-refractivity contribution in [3.8, 4) is 0 Å². The second-order valence-electron chi connectivity index (χ2n) is 4.52. The molecule has 2 atom stereocenters. The van der Waals surface area contributed by atoms with E-state index in [2.05, 4.69) is 5.32 Å². The molecule has 1 fully saturated rings. The fraction of sp³-hybridized carbons (Fsp3) is 0.583. The summed E-state index contributed by atoms with van der Waals surface area (Å²) in [6, 6.07) is 3.45. The Hall–Kier alpha value is -1.49. The lowest BCUT2D eigenvalue weighted by molar-refractivity contribution is 0.0434. The van der Waals surface area contributed by atoms with Crippen molar-refractivity contribution in [3.05, 3.63) is 24.2 Å². The van der Waals surface area contributed by atoms with Gasteiger partial charge in [0, 0.05) is 13.1 Å². The van der Waals surface area contributed by atoms with E-state index in [4.69, 9.17) is 4.42 Å². The molecule has 1 aromatic heterocycles. The molecule has 0 saturated carbocycles. The number of urea groups is 1. The third-order valence-corrected chi connectivity index (χ3v) is 3.20. The van der Waals surface area contributed by atoms with Crippen LogP contribution in [-0.2, 0) is 6.54 Å². The smallest absolute Gasteiger partial charge is 0.317 e. The highest BCUT2D eigenvalue weighted by Crippen LogP contribution is 2.16. The SMILES string of the molecule is C[C@@H]1CCN(C(=O)NCc2ccco2)C[C@@H]1O. The summed E-state index contributed by atoms with van der Waals surface area (Å²) in [6.45, 7) is 3.49. The van der Waals surface area contributed by atoms with Gasteiger partial charge in [-0.25, -0.2) is 4.79 Å². The second kappa shape index (κ2) is 5.23. The zero-order valence-electron chi connectivity index (χ0n) is 9.93. The number of rotatable bonds is 2. The summed E-state index contributed by atoms with van der Waals surface area (Å²) in [5, 5.41) is 12.5. The number of carbonyl (C=O) groups is 1. The van der Waals surface area contributed by atoms with Gasteiger partial charge in [-0.2, -0.15) is 0 Å². The van der Waals surface area contributed by atoms with Crippen molar-refractivity contribution in [2.45, 2.75) is 26.0 Å². The van der Waals surface area contributed by atoms with Crippen molar-refractivity contribution in [3.63, 3.8) is 0 Å². The highest BCUT2D eigenvalue weighted by molar-refractivity contribution is 5.74. The number of β-amino-alcohol motifs (C(OH)–C–C–N with tert-alkyl or cyclic N) is 1. The predicted molar refractivity (Wildman–Crippen MR) is 62.3 cm³/mol. The number of likely N-dealkylation sites (tertiary alicyclic amines) is 1. The van der Waals surface area contributed by atoms with Crippen LogP contribution in [0.1, 0.15) is 19.1 Å². The van der Waals surface area contributed by atoms with Crippen LogP contribution in [0.2, 0.25) is 0 Å². The van der Waals surface area contributed by atoms with E-state index in [9.17, 15) is 9.90 Å². The summed E-state index contributed by atoms with van der Waals surface area (Å²) < 4.78 is 5.13. The molecule has 1 aliphatic heterocycles. The number of piperidine rings is 1. The van der Waals surface area contributed by atoms with Gasteiger partial charge in [0.25, 0.3) is 0 Å². The molecule has 0 unspecified atom stereocenters. The molecule has 5 heteroatoms. The summed E-state index contributed by atoms with van der Waals surface area (Å²) in [4.78, 5) is 13.5. The normalized spacial score (nSPS) is 24.7. The number of hydrogen-bond acceptors (Lipinski definition) is 3. The van der Waals surface area contributed by atoms with Crippen LogP contribution in [0.3, 0.4) is 0 Å². The van der Waals surface area contributed by atoms with E-state index in [1.165, 1.54) is 0 Å². The first-order valence-electron chi connectivity index (χ1n) is 5.90. The van der Waals surface area contributed by atoms with Gasteiger partial charge in [-0.05, 0) is 24.5 Å². The molecular formula is C12H18N2O3. The maximum Gasteiger partial charge on any atom is 0.317 e. The van der Waals surface area contributed by atoms with Crippen molar-refractivity contribution in [2.75, 3.05) is 13.1 Å². The molecule has 2 heterocycles. The third kappa shape index (κ3) is 3.00. The Morgan fingerprint density at radius 1 is 1.71 bits per heavy atom. The minimum atomic E-state index is -0.418. The van der Waals surface area contributed by atoms with Gasteiger partial charge in [0.2, 0.25) is 0 Å². The molecular weight excluding hydrogens is 220 g/mol. The van der Waals surface area contributed by atoms with Crippen LogP contribution in [0, 0.1) is 5.92 Å². The molecule has 0 aliphatic carbocycles. The molecule has 0 spiro atoms. The van der Waals surface area contributed by atoms with Crippen molar-refractivity contribution in [1.82, 2.24) is 10.2 Å². The van der Waals surface area contributed by atoms with Gasteiger partial charge < -0.3 is 19.7 Å². The predicted octanol–water partition coefficient (Wildman–Crippen LogP) is 1.19. The molecule has 17 heavy (non-hydrogen) atoms. The molecule has 2 rings (SSSR count). The van der Waals surface area contributed by atoms with Crippen molar-refractivity contribution in [2.24, 2.45) is 5.92 Å². The highest BCUT2D eigenvalue weighted by Gasteiger charge is 2.27. The number of amides is 2. The van der Waals surface area contributed by atoms with E-state index < -0.39 is 6.10 Å². The molecule has 5 nitrogen and oxygen atoms in total. The van der Waals surface area contributed by atoms with Crippen LogP contribution < -0.4 is 5.32 Å². The zero-order chi connectivity index (χ0) is 12.3. The molecule has 1 saturated heterocycles. The van der Waals surface area contributed by atoms with Gasteiger partial charge in [-0.1, -0.05) is 6.92 Å². The van der Waals surface area contributed by atoms with Gasteiger partial charge >= 0.3 is 6.03 Å². The van der Waals surface area contributed by atoms with Crippen LogP contribution in [0.15, 0.2) is 22.8 Å². The van der Waals surface area contributed by atoms with E-state index in [-0.39, 0.29) is 11.9 Å². The summed E-state index contributed by atoms with van der Waals surface area (Å²) >= 11 is 0. The Balaban J connectivity index is 1.80. The largest absolute Gasteiger partial charge is 0.467 e. The van der Waals surface area contributed by atoms with E-state index >= 15 is 0 Å². The zero-order valence-corrected chi connectivity index (χ0v) is 9.93. The number of carbonyl (C=O) groups excluding carboxylic acids is 1. The maximum absolute atomic E-state index is 11.8. The molecule has 94 valence electrons. The lowest BCUT2D eigenvalue weighted by atomic mass is 9.96. The molecule has 1 aromatic rings. The maximum atomic E-state index is 11.8. The topological polar surface area (TPSA) is 65.7 Å². The highest BCUT2D eigenvalue weighted by atomic mass is 16.3. The van der Waals surface area contributed by atoms with Crippen LogP contribution in [-0.4, -0.2) is 35.2 Å². The number of hydrogen-bond donors (Lipinski definition) is 2. The van der Waals surface area contributed by atoms with E-state index in [0.29, 0.717) is 19.6 Å². The average molecular weight is 238 g/mol. The minimum Gasteiger partial charge on any atom is -0.467 e. The number of aliphatic hydroxyl groups excluding tert-OH is 1. The van der Waals surface area contributed by atoms with E-state index in [1.807, 2.05) is 13.0 Å². The van der Waals surface area contributed by atoms with Crippen LogP contribution >= 0.6 is 0 Å². The average Bonchev–Trinajstić information content (AvgIpc) is 2.82. The monoisotopic (exact) mass is 238 g/mol. The lowest BCUT2D eigenvalue weighted by Gasteiger charge is -2.34. The Kier molecular flexibility index (Phi) is 3.68. The van der Waals surface area contributed by atoms with Crippen LogP contribution in [0.4, 0.5) is 4.79 Å². The first-order valence-corrected chi connectivity index (χ1v) is 5.90. The van der Waals surface area contributed by atoms with Crippen molar-refractivity contribution < 1.29 is 14.3 Å². The van der Waals surface area contributed by atoms with Gasteiger partial charge in [-0.15, -0.1) is 0 Å². The summed E-state index contributed by atoms with van der Waals surface area (Å²) in [6.07, 6.45) is 2.00. The van der Waals surface area contributed by atoms with Gasteiger partial charge in [0.15, 0.2) is 0 Å². The summed E-state index contributed by atoms with van der Waals surface area (Å²) in [7, 11) is 0. The molecule has 1 aliphatic rings. The lowest BCUT2D eigenvalue weighted by Crippen LogP contribution is -2.49. The molecule has 2 N–H and O–H groups in total. The third-order valence-electron chi connectivity index (χ3n) is 3.20. The van der Waals surface area contributed by atoms with Crippen LogP contribution in [0.5, 0.6) is 0 Å². The number of aliphatic hydroxyl groups is 1. The summed E-state index contributed by atoms with van der Waals surface area (Å²) in [5.74, 6) is 0.994. The number of furan rings is 1. The van der Waals surface area contributed by atoms with Crippen LogP contribution in [0.25, 0.3) is 0 Å². The van der Waals surface area contributed by atoms with Gasteiger partial charge in [-0.3, -0.25) is 0 Å². The molecule has 0 radical (unpaired) electrons. The standard InChI is InChI=1S/C12H18N2O3/c1-9-4-5-14(8-11(9)15)12(16)13-7-10-3-2-6-17-10/h2-3,6,9,11,15H,4-5,7-8H2,1H3,(H,13,16)/t9-,11+/m1/s1. The number of nitrogens with zero attached hydrogens (tertiary/aromatic N) is 1. The van der Waals surface area contributed by atoms with Gasteiger partial charge in [0.1, 0.15) is 5.76 Å². The fourth-order valence-electron chi connectivity index (χ4n) is 1.92. The van der Waals surface area contributed by atoms with Crippen molar-refractivity contribution in [1.29, 1.82) is 0 Å². The van der Waals surface area contributed by atoms with Crippen molar-refractivity contribution >= 4 is 6.03 Å². The molecule has 2 amide bonds. The Morgan fingerprint density at radius 2 is 2.53 bits per heavy atom. The molecule has 0 aromatic carbocycles. The van der Waals surface area contributed by atoms with E-state index in [0.717, 1.165) is 12.2 Å². The first kappa shape index (κ1) is 12.0. The number of nitrogens with one attached hydrogen (secondary N) is 1. The summed E-state index contributed by atoms with van der Waals surface area (Å²) in [5.41, 5.74) is 0. The Bertz CT molecular complexity index is 364. The minimum absolute atomic E-state index is 0.146. The van der Waals surface area contributed by atoms with Gasteiger partial charge in [0.05, 0.1) is 18.9 Å². The molecule has 0 bridgehead atoms. The Labute approximate surface area is 100 Å². The quantitative estimate of drug-likeness (QED) is 0.813. The van der Waals surface area contributed by atoms with E-state index in [1.54, 1.807) is 17.2 Å². The fourth-order valence-corrected chi connectivity index (χ4v) is 1.92. The second-order valence-corrected chi connectivity index (χ2v) is 4.52. The first-order chi connectivity index (χ1) is 8.16. The Morgan fingerprint density at radius 3 is 3.18 bits per heavy atom.